The van der Waals surface area contributed by atoms with Gasteiger partial charge in [0.2, 0.25) is 0 Å². The van der Waals surface area contributed by atoms with Crippen LogP contribution in [-0.2, 0) is 0 Å². The zero-order valence-corrected chi connectivity index (χ0v) is 10.7. The molecule has 1 heterocycles. The standard InChI is InChI=1S/C13H11NOS2/c1-2-16-13-11(8-9-17-13)12(15)14-10-6-4-3-5-7-10/h2-9H,1H2,(H,14,15). The van der Waals surface area contributed by atoms with Crippen LogP contribution < -0.4 is 5.32 Å². The number of carbonyl (C=O) groups excluding carboxylic acids is 1. The zero-order valence-electron chi connectivity index (χ0n) is 9.05. The number of hydrogen-bond donors (Lipinski definition) is 1. The molecule has 4 heteroatoms. The van der Waals surface area contributed by atoms with Crippen molar-refractivity contribution in [2.45, 2.75) is 4.21 Å². The van der Waals surface area contributed by atoms with Gasteiger partial charge in [-0.05, 0) is 29.0 Å². The molecular weight excluding hydrogens is 250 g/mol. The summed E-state index contributed by atoms with van der Waals surface area (Å²) in [6.45, 7) is 3.66. The smallest absolute Gasteiger partial charge is 0.257 e. The molecule has 0 aliphatic carbocycles. The lowest BCUT2D eigenvalue weighted by atomic mass is 10.3. The van der Waals surface area contributed by atoms with Crippen LogP contribution in [0.5, 0.6) is 0 Å². The highest BCUT2D eigenvalue weighted by atomic mass is 32.2. The van der Waals surface area contributed by atoms with E-state index in [1.54, 1.807) is 16.7 Å². The van der Waals surface area contributed by atoms with E-state index in [9.17, 15) is 4.79 Å². The molecule has 2 rings (SSSR count). The molecule has 0 fully saturated rings. The topological polar surface area (TPSA) is 29.1 Å². The van der Waals surface area contributed by atoms with Gasteiger partial charge < -0.3 is 5.32 Å². The number of benzene rings is 1. The average Bonchev–Trinajstić information content (AvgIpc) is 2.79. The number of amides is 1. The minimum absolute atomic E-state index is 0.0817. The van der Waals surface area contributed by atoms with Crippen molar-refractivity contribution in [1.29, 1.82) is 0 Å². The molecule has 0 atom stereocenters. The van der Waals surface area contributed by atoms with Crippen LogP contribution in [0.2, 0.25) is 0 Å². The van der Waals surface area contributed by atoms with Gasteiger partial charge in [0.05, 0.1) is 9.77 Å². The first-order valence-corrected chi connectivity index (χ1v) is 6.78. The molecule has 0 radical (unpaired) electrons. The first-order chi connectivity index (χ1) is 8.31. The Kier molecular flexibility index (Phi) is 4.01. The number of para-hydroxylation sites is 1. The molecule has 0 bridgehead atoms. The molecule has 0 spiro atoms. The zero-order chi connectivity index (χ0) is 12.1. The van der Waals surface area contributed by atoms with Gasteiger partial charge in [-0.25, -0.2) is 0 Å². The number of carbonyl (C=O) groups is 1. The summed E-state index contributed by atoms with van der Waals surface area (Å²) in [7, 11) is 0. The molecule has 2 aromatic rings. The van der Waals surface area contributed by atoms with E-state index in [4.69, 9.17) is 0 Å². The third-order valence-corrected chi connectivity index (χ3v) is 3.98. The minimum atomic E-state index is -0.0817. The summed E-state index contributed by atoms with van der Waals surface area (Å²) in [5.74, 6) is -0.0817. The van der Waals surface area contributed by atoms with Crippen molar-refractivity contribution in [3.8, 4) is 0 Å². The fourth-order valence-electron chi connectivity index (χ4n) is 1.35. The van der Waals surface area contributed by atoms with Crippen LogP contribution in [0, 0.1) is 0 Å². The summed E-state index contributed by atoms with van der Waals surface area (Å²) in [6.07, 6.45) is 0. The fraction of sp³-hybridized carbons (Fsp3) is 0. The Hall–Kier alpha value is -1.52. The summed E-state index contributed by atoms with van der Waals surface area (Å²) < 4.78 is 0.966. The van der Waals surface area contributed by atoms with Crippen molar-refractivity contribution in [3.63, 3.8) is 0 Å². The van der Waals surface area contributed by atoms with Crippen molar-refractivity contribution in [3.05, 3.63) is 59.3 Å². The third kappa shape index (κ3) is 2.99. The first-order valence-electron chi connectivity index (χ1n) is 5.02. The number of thiophene rings is 1. The van der Waals surface area contributed by atoms with Crippen LogP contribution >= 0.6 is 23.1 Å². The predicted molar refractivity (Wildman–Crippen MR) is 74.8 cm³/mol. The van der Waals surface area contributed by atoms with Crippen LogP contribution in [0.25, 0.3) is 0 Å². The lowest BCUT2D eigenvalue weighted by molar-refractivity contribution is 0.102. The SMILES string of the molecule is C=CSc1sccc1C(=O)Nc1ccccc1. The summed E-state index contributed by atoms with van der Waals surface area (Å²) in [5.41, 5.74) is 1.50. The summed E-state index contributed by atoms with van der Waals surface area (Å²) in [5, 5.41) is 6.50. The third-order valence-electron chi connectivity index (χ3n) is 2.10. The molecule has 1 aromatic carbocycles. The molecule has 17 heavy (non-hydrogen) atoms. The van der Waals surface area contributed by atoms with Gasteiger partial charge in [0.15, 0.2) is 0 Å². The monoisotopic (exact) mass is 261 g/mol. The second-order valence-electron chi connectivity index (χ2n) is 3.23. The van der Waals surface area contributed by atoms with E-state index in [0.717, 1.165) is 9.90 Å². The highest BCUT2D eigenvalue weighted by molar-refractivity contribution is 8.03. The number of rotatable bonds is 4. The van der Waals surface area contributed by atoms with Gasteiger partial charge in [0.1, 0.15) is 0 Å². The fourth-order valence-corrected chi connectivity index (χ4v) is 3.00. The second kappa shape index (κ2) is 5.70. The quantitative estimate of drug-likeness (QED) is 0.834. The molecular formula is C13H11NOS2. The Labute approximate surface area is 108 Å². The highest BCUT2D eigenvalue weighted by Crippen LogP contribution is 2.29. The van der Waals surface area contributed by atoms with Crippen LogP contribution in [0.15, 0.2) is 58.0 Å². The van der Waals surface area contributed by atoms with Gasteiger partial charge >= 0.3 is 0 Å². The molecule has 0 aliphatic rings. The van der Waals surface area contributed by atoms with Crippen molar-refractivity contribution in [2.24, 2.45) is 0 Å². The molecule has 0 saturated heterocycles. The summed E-state index contributed by atoms with van der Waals surface area (Å²) >= 11 is 3.01. The lowest BCUT2D eigenvalue weighted by Gasteiger charge is -2.04. The average molecular weight is 261 g/mol. The van der Waals surface area contributed by atoms with Crippen LogP contribution in [0.3, 0.4) is 0 Å². The largest absolute Gasteiger partial charge is 0.322 e. The van der Waals surface area contributed by atoms with Crippen LogP contribution in [0.1, 0.15) is 10.4 Å². The van der Waals surface area contributed by atoms with E-state index >= 15 is 0 Å². The second-order valence-corrected chi connectivity index (χ2v) is 5.38. The molecule has 2 nitrogen and oxygen atoms in total. The van der Waals surface area contributed by atoms with Gasteiger partial charge in [-0.1, -0.05) is 36.5 Å². The summed E-state index contributed by atoms with van der Waals surface area (Å²) in [4.78, 5) is 12.0. The Morgan fingerprint density at radius 2 is 2.06 bits per heavy atom. The lowest BCUT2D eigenvalue weighted by Crippen LogP contribution is -2.11. The number of nitrogens with one attached hydrogen (secondary N) is 1. The molecule has 0 unspecified atom stereocenters. The van der Waals surface area contributed by atoms with E-state index in [1.807, 2.05) is 41.8 Å². The van der Waals surface area contributed by atoms with E-state index < -0.39 is 0 Å². The minimum Gasteiger partial charge on any atom is -0.322 e. The molecule has 1 aromatic heterocycles. The van der Waals surface area contributed by atoms with E-state index in [1.165, 1.54) is 11.8 Å². The van der Waals surface area contributed by atoms with Crippen molar-refractivity contribution >= 4 is 34.7 Å². The van der Waals surface area contributed by atoms with Crippen LogP contribution in [0.4, 0.5) is 5.69 Å². The van der Waals surface area contributed by atoms with E-state index in [-0.39, 0.29) is 5.91 Å². The van der Waals surface area contributed by atoms with Gasteiger partial charge in [0.25, 0.3) is 5.91 Å². The number of hydrogen-bond acceptors (Lipinski definition) is 3. The van der Waals surface area contributed by atoms with Gasteiger partial charge in [-0.2, -0.15) is 0 Å². The van der Waals surface area contributed by atoms with Crippen molar-refractivity contribution in [1.82, 2.24) is 0 Å². The first kappa shape index (κ1) is 12.0. The maximum absolute atomic E-state index is 12.0. The Morgan fingerprint density at radius 3 is 2.76 bits per heavy atom. The molecule has 1 amide bonds. The predicted octanol–water partition coefficient (Wildman–Crippen LogP) is 4.24. The van der Waals surface area contributed by atoms with Gasteiger partial charge in [0, 0.05) is 5.69 Å². The van der Waals surface area contributed by atoms with Crippen LogP contribution in [-0.4, -0.2) is 5.91 Å². The van der Waals surface area contributed by atoms with Gasteiger partial charge in [-0.3, -0.25) is 4.79 Å². The Balaban J connectivity index is 2.15. The molecule has 1 N–H and O–H groups in total. The van der Waals surface area contributed by atoms with E-state index in [2.05, 4.69) is 11.9 Å². The molecule has 0 aliphatic heterocycles. The number of thioether (sulfide) groups is 1. The normalized spacial score (nSPS) is 9.88. The van der Waals surface area contributed by atoms with Gasteiger partial charge in [-0.15, -0.1) is 11.3 Å². The Morgan fingerprint density at radius 1 is 1.29 bits per heavy atom. The maximum atomic E-state index is 12.0. The maximum Gasteiger partial charge on any atom is 0.257 e. The molecule has 0 saturated carbocycles. The molecule has 86 valence electrons. The Bertz CT molecular complexity index is 519. The number of anilines is 1. The van der Waals surface area contributed by atoms with E-state index in [0.29, 0.717) is 5.56 Å². The highest BCUT2D eigenvalue weighted by Gasteiger charge is 2.12. The van der Waals surface area contributed by atoms with Crippen molar-refractivity contribution < 1.29 is 4.79 Å². The summed E-state index contributed by atoms with van der Waals surface area (Å²) in [6, 6.07) is 11.3. The van der Waals surface area contributed by atoms with Crippen molar-refractivity contribution in [2.75, 3.05) is 5.32 Å².